The Kier molecular flexibility index (Phi) is 4.63. The molecular weight excluding hydrogens is 308 g/mol. The first kappa shape index (κ1) is 15.2. The van der Waals surface area contributed by atoms with Crippen LogP contribution in [-0.2, 0) is 4.79 Å². The summed E-state index contributed by atoms with van der Waals surface area (Å²) in [6.45, 7) is 0.272. The highest BCUT2D eigenvalue weighted by atomic mass is 32.1. The number of anilines is 2. The maximum atomic E-state index is 12.1. The zero-order valence-corrected chi connectivity index (χ0v) is 13.5. The maximum absolute atomic E-state index is 12.1. The van der Waals surface area contributed by atoms with Crippen molar-refractivity contribution in [2.75, 3.05) is 23.8 Å². The van der Waals surface area contributed by atoms with Crippen LogP contribution < -0.4 is 10.2 Å². The molecule has 5 nitrogen and oxygen atoms in total. The number of aromatic nitrogens is 2. The van der Waals surface area contributed by atoms with Crippen LogP contribution in [0.1, 0.15) is 0 Å². The molecule has 1 aromatic carbocycles. The third-order valence-corrected chi connectivity index (χ3v) is 4.06. The van der Waals surface area contributed by atoms with E-state index in [1.807, 2.05) is 59.8 Å². The fourth-order valence-corrected chi connectivity index (χ4v) is 2.87. The number of carbonyl (C=O) groups is 1. The molecule has 0 bridgehead atoms. The fourth-order valence-electron chi connectivity index (χ4n) is 2.13. The summed E-state index contributed by atoms with van der Waals surface area (Å²) in [5.74, 6) is -0.0908. The number of para-hydroxylation sites is 1. The molecular formula is C17H16N4OS. The average molecular weight is 324 g/mol. The second-order valence-corrected chi connectivity index (χ2v) is 5.87. The predicted molar refractivity (Wildman–Crippen MR) is 93.7 cm³/mol. The Morgan fingerprint density at radius 3 is 2.65 bits per heavy atom. The summed E-state index contributed by atoms with van der Waals surface area (Å²) < 4.78 is 0. The van der Waals surface area contributed by atoms with Crippen molar-refractivity contribution >= 4 is 28.1 Å². The van der Waals surface area contributed by atoms with Crippen LogP contribution in [0.2, 0.25) is 0 Å². The zero-order chi connectivity index (χ0) is 16.1. The summed E-state index contributed by atoms with van der Waals surface area (Å²) in [4.78, 5) is 22.5. The first-order valence-electron chi connectivity index (χ1n) is 7.14. The maximum Gasteiger partial charge on any atom is 0.245 e. The van der Waals surface area contributed by atoms with Crippen LogP contribution in [0, 0.1) is 0 Å². The van der Waals surface area contributed by atoms with E-state index in [0.29, 0.717) is 5.13 Å². The van der Waals surface area contributed by atoms with E-state index in [1.165, 1.54) is 11.3 Å². The van der Waals surface area contributed by atoms with Gasteiger partial charge in [0.1, 0.15) is 0 Å². The third kappa shape index (κ3) is 3.92. The smallest absolute Gasteiger partial charge is 0.245 e. The van der Waals surface area contributed by atoms with Crippen molar-refractivity contribution in [3.63, 3.8) is 0 Å². The summed E-state index contributed by atoms with van der Waals surface area (Å²) in [7, 11) is 1.89. The third-order valence-electron chi connectivity index (χ3n) is 3.30. The second-order valence-electron chi connectivity index (χ2n) is 5.01. The van der Waals surface area contributed by atoms with Crippen LogP contribution in [0.4, 0.5) is 10.8 Å². The lowest BCUT2D eigenvalue weighted by molar-refractivity contribution is -0.114. The highest BCUT2D eigenvalue weighted by Crippen LogP contribution is 2.24. The van der Waals surface area contributed by atoms with Gasteiger partial charge in [0.25, 0.3) is 0 Å². The van der Waals surface area contributed by atoms with Crippen molar-refractivity contribution in [2.24, 2.45) is 0 Å². The van der Waals surface area contributed by atoms with Crippen molar-refractivity contribution in [2.45, 2.75) is 0 Å². The molecule has 2 heterocycles. The van der Waals surface area contributed by atoms with Crippen LogP contribution >= 0.6 is 11.3 Å². The Hall–Kier alpha value is -2.73. The Labute approximate surface area is 138 Å². The molecule has 1 N–H and O–H groups in total. The molecule has 0 aliphatic carbocycles. The number of hydrogen-bond acceptors (Lipinski definition) is 5. The fraction of sp³-hybridized carbons (Fsp3) is 0.118. The molecule has 0 fully saturated rings. The molecule has 0 radical (unpaired) electrons. The van der Waals surface area contributed by atoms with Crippen molar-refractivity contribution in [1.82, 2.24) is 9.97 Å². The molecule has 2 aromatic heterocycles. The monoisotopic (exact) mass is 324 g/mol. The minimum absolute atomic E-state index is 0.0908. The van der Waals surface area contributed by atoms with Crippen molar-refractivity contribution < 1.29 is 4.79 Å². The Morgan fingerprint density at radius 2 is 1.91 bits per heavy atom. The van der Waals surface area contributed by atoms with E-state index >= 15 is 0 Å². The SMILES string of the molecule is CN(CC(=O)Nc1nc(-c2ccncc2)cs1)c1ccccc1. The molecule has 3 rings (SSSR count). The number of likely N-dealkylation sites (N-methyl/N-ethyl adjacent to an activating group) is 1. The van der Waals surface area contributed by atoms with Gasteiger partial charge in [0.15, 0.2) is 5.13 Å². The van der Waals surface area contributed by atoms with Crippen LogP contribution in [0.25, 0.3) is 11.3 Å². The van der Waals surface area contributed by atoms with Crippen LogP contribution in [0.15, 0.2) is 60.2 Å². The van der Waals surface area contributed by atoms with Crippen molar-refractivity contribution in [3.05, 3.63) is 60.2 Å². The number of amides is 1. The van der Waals surface area contributed by atoms with Gasteiger partial charge in [0.2, 0.25) is 5.91 Å². The summed E-state index contributed by atoms with van der Waals surface area (Å²) in [5, 5.41) is 5.37. The van der Waals surface area contributed by atoms with E-state index in [2.05, 4.69) is 15.3 Å². The number of benzene rings is 1. The lowest BCUT2D eigenvalue weighted by Crippen LogP contribution is -2.29. The van der Waals surface area contributed by atoms with Gasteiger partial charge in [0.05, 0.1) is 12.2 Å². The van der Waals surface area contributed by atoms with Crippen LogP contribution in [0.5, 0.6) is 0 Å². The lowest BCUT2D eigenvalue weighted by atomic mass is 10.2. The summed E-state index contributed by atoms with van der Waals surface area (Å²) in [5.41, 5.74) is 2.82. The van der Waals surface area contributed by atoms with Gasteiger partial charge in [-0.3, -0.25) is 9.78 Å². The number of nitrogens with zero attached hydrogens (tertiary/aromatic N) is 3. The van der Waals surface area contributed by atoms with Crippen molar-refractivity contribution in [3.8, 4) is 11.3 Å². The van der Waals surface area contributed by atoms with E-state index in [-0.39, 0.29) is 12.5 Å². The molecule has 0 spiro atoms. The van der Waals surface area contributed by atoms with Crippen molar-refractivity contribution in [1.29, 1.82) is 0 Å². The molecule has 1 amide bonds. The van der Waals surface area contributed by atoms with Gasteiger partial charge in [-0.1, -0.05) is 18.2 Å². The van der Waals surface area contributed by atoms with Gasteiger partial charge in [-0.15, -0.1) is 11.3 Å². The van der Waals surface area contributed by atoms with Gasteiger partial charge in [-0.05, 0) is 24.3 Å². The molecule has 3 aromatic rings. The van der Waals surface area contributed by atoms with Crippen LogP contribution in [-0.4, -0.2) is 29.5 Å². The van der Waals surface area contributed by atoms with E-state index < -0.39 is 0 Å². The largest absolute Gasteiger partial charge is 0.365 e. The Bertz CT molecular complexity index is 774. The van der Waals surface area contributed by atoms with Gasteiger partial charge in [-0.25, -0.2) is 4.98 Å². The molecule has 0 saturated heterocycles. The normalized spacial score (nSPS) is 10.3. The average Bonchev–Trinajstić information content (AvgIpc) is 3.04. The number of thiazole rings is 1. The summed E-state index contributed by atoms with van der Waals surface area (Å²) in [6, 6.07) is 13.6. The molecule has 0 aliphatic heterocycles. The number of pyridine rings is 1. The number of nitrogens with one attached hydrogen (secondary N) is 1. The molecule has 0 aliphatic rings. The molecule has 23 heavy (non-hydrogen) atoms. The first-order valence-corrected chi connectivity index (χ1v) is 8.02. The first-order chi connectivity index (χ1) is 11.2. The minimum atomic E-state index is -0.0908. The molecule has 0 saturated carbocycles. The van der Waals surface area contributed by atoms with Gasteiger partial charge < -0.3 is 10.2 Å². The van der Waals surface area contributed by atoms with E-state index in [1.54, 1.807) is 12.4 Å². The zero-order valence-electron chi connectivity index (χ0n) is 12.6. The van der Waals surface area contributed by atoms with Gasteiger partial charge in [0, 0.05) is 36.1 Å². The standard InChI is InChI=1S/C17H16N4OS/c1-21(14-5-3-2-4-6-14)11-16(22)20-17-19-15(12-23-17)13-7-9-18-10-8-13/h2-10,12H,11H2,1H3,(H,19,20,22). The number of hydrogen-bond donors (Lipinski definition) is 1. The van der Waals surface area contributed by atoms with Crippen LogP contribution in [0.3, 0.4) is 0 Å². The van der Waals surface area contributed by atoms with E-state index in [0.717, 1.165) is 16.9 Å². The summed E-state index contributed by atoms with van der Waals surface area (Å²) >= 11 is 1.41. The topological polar surface area (TPSA) is 58.1 Å². The molecule has 0 atom stereocenters. The number of carbonyl (C=O) groups excluding carboxylic acids is 1. The molecule has 116 valence electrons. The minimum Gasteiger partial charge on any atom is -0.365 e. The lowest BCUT2D eigenvalue weighted by Gasteiger charge is -2.18. The number of rotatable bonds is 5. The predicted octanol–water partition coefficient (Wildman–Crippen LogP) is 3.28. The quantitative estimate of drug-likeness (QED) is 0.782. The highest BCUT2D eigenvalue weighted by Gasteiger charge is 2.10. The highest BCUT2D eigenvalue weighted by molar-refractivity contribution is 7.14. The summed E-state index contributed by atoms with van der Waals surface area (Å²) in [6.07, 6.45) is 3.45. The van der Waals surface area contributed by atoms with Gasteiger partial charge in [-0.2, -0.15) is 0 Å². The second kappa shape index (κ2) is 7.02. The Morgan fingerprint density at radius 1 is 1.17 bits per heavy atom. The molecule has 0 unspecified atom stereocenters. The van der Waals surface area contributed by atoms with E-state index in [4.69, 9.17) is 0 Å². The Balaban J connectivity index is 1.61. The van der Waals surface area contributed by atoms with E-state index in [9.17, 15) is 4.79 Å². The molecule has 6 heteroatoms. The van der Waals surface area contributed by atoms with Gasteiger partial charge >= 0.3 is 0 Å².